The van der Waals surface area contributed by atoms with Gasteiger partial charge in [0, 0.05) is 0 Å². The number of nitro benzene ring substituents is 1. The van der Waals surface area contributed by atoms with E-state index in [0.29, 0.717) is 11.8 Å². The highest BCUT2D eigenvalue weighted by Gasteiger charge is 2.41. The van der Waals surface area contributed by atoms with Crippen molar-refractivity contribution in [2.24, 2.45) is 0 Å². The van der Waals surface area contributed by atoms with Crippen molar-refractivity contribution >= 4 is 40.6 Å². The Kier molecular flexibility index (Phi) is 6.05. The number of thioether (sulfide) groups is 1. The maximum Gasteiger partial charge on any atom is 0.328 e. The summed E-state index contributed by atoms with van der Waals surface area (Å²) < 4.78 is 14.7. The van der Waals surface area contributed by atoms with Crippen LogP contribution < -0.4 is 9.47 Å². The molecule has 1 aromatic rings. The first-order chi connectivity index (χ1) is 12.7. The van der Waals surface area contributed by atoms with Gasteiger partial charge in [0.05, 0.1) is 42.8 Å². The fourth-order valence-corrected chi connectivity index (χ4v) is 3.29. The number of hydrogen-bond acceptors (Lipinski definition) is 9. The molecule has 11 heteroatoms. The number of benzene rings is 1. The van der Waals surface area contributed by atoms with Crippen LogP contribution >= 0.6 is 11.8 Å². The van der Waals surface area contributed by atoms with Crippen LogP contribution in [-0.4, -0.2) is 54.3 Å². The number of ether oxygens (including phenoxy) is 3. The predicted molar refractivity (Wildman–Crippen MR) is 95.5 cm³/mol. The van der Waals surface area contributed by atoms with Crippen LogP contribution in [0.25, 0.3) is 6.08 Å². The van der Waals surface area contributed by atoms with Crippen LogP contribution in [0, 0.1) is 10.1 Å². The van der Waals surface area contributed by atoms with E-state index in [4.69, 9.17) is 9.47 Å². The molecule has 0 spiro atoms. The van der Waals surface area contributed by atoms with Gasteiger partial charge in [-0.2, -0.15) is 0 Å². The SMILES string of the molecule is COC(=O)C(C)N1C(=O)S/C(=C/c2cc(OC)c(OC)cc2[N+](=O)[O-])C1=O. The summed E-state index contributed by atoms with van der Waals surface area (Å²) in [7, 11) is 3.83. The van der Waals surface area contributed by atoms with Gasteiger partial charge in [-0.1, -0.05) is 0 Å². The molecule has 1 aliphatic heterocycles. The molecule has 1 unspecified atom stereocenters. The molecule has 0 saturated carbocycles. The average molecular weight is 396 g/mol. The number of carbonyl (C=O) groups excluding carboxylic acids is 3. The lowest BCUT2D eigenvalue weighted by atomic mass is 10.1. The van der Waals surface area contributed by atoms with Gasteiger partial charge in [-0.15, -0.1) is 0 Å². The summed E-state index contributed by atoms with van der Waals surface area (Å²) in [5, 5.41) is 10.7. The summed E-state index contributed by atoms with van der Waals surface area (Å²) >= 11 is 0.573. The first-order valence-corrected chi connectivity index (χ1v) is 8.32. The van der Waals surface area contributed by atoms with Crippen LogP contribution in [0.1, 0.15) is 12.5 Å². The Morgan fingerprint density at radius 2 is 1.81 bits per heavy atom. The zero-order valence-electron chi connectivity index (χ0n) is 14.9. The van der Waals surface area contributed by atoms with Crippen LogP contribution in [-0.2, 0) is 14.3 Å². The fourth-order valence-electron chi connectivity index (χ4n) is 2.39. The molecule has 0 aliphatic carbocycles. The lowest BCUT2D eigenvalue weighted by molar-refractivity contribution is -0.385. The highest BCUT2D eigenvalue weighted by molar-refractivity contribution is 8.18. The number of amides is 2. The van der Waals surface area contributed by atoms with Crippen molar-refractivity contribution in [3.05, 3.63) is 32.7 Å². The molecule has 10 nitrogen and oxygen atoms in total. The van der Waals surface area contributed by atoms with Gasteiger partial charge in [0.2, 0.25) is 0 Å². The standard InChI is InChI=1S/C16H16N2O8S/c1-8(15(20)26-4)17-14(19)13(27-16(17)21)6-9-5-11(24-2)12(25-3)7-10(9)18(22)23/h5-8H,1-4H3/b13-6+. The minimum atomic E-state index is -1.12. The van der Waals surface area contributed by atoms with E-state index < -0.39 is 28.1 Å². The van der Waals surface area contributed by atoms with Gasteiger partial charge in [-0.3, -0.25) is 24.6 Å². The van der Waals surface area contributed by atoms with E-state index in [1.54, 1.807) is 0 Å². The summed E-state index contributed by atoms with van der Waals surface area (Å²) in [6, 6.07) is 1.37. The molecule has 1 fully saturated rings. The molecule has 2 rings (SSSR count). The van der Waals surface area contributed by atoms with Crippen LogP contribution in [0.4, 0.5) is 10.5 Å². The van der Waals surface area contributed by atoms with E-state index in [-0.39, 0.29) is 27.7 Å². The smallest absolute Gasteiger partial charge is 0.328 e. The van der Waals surface area contributed by atoms with Gasteiger partial charge in [0.25, 0.3) is 16.8 Å². The maximum absolute atomic E-state index is 12.5. The normalized spacial score (nSPS) is 16.4. The van der Waals surface area contributed by atoms with Crippen LogP contribution in [0.15, 0.2) is 17.0 Å². The van der Waals surface area contributed by atoms with Gasteiger partial charge in [-0.05, 0) is 30.8 Å². The monoisotopic (exact) mass is 396 g/mol. The quantitative estimate of drug-likeness (QED) is 0.308. The molecule has 0 N–H and O–H groups in total. The molecule has 1 atom stereocenters. The number of hydrogen-bond donors (Lipinski definition) is 0. The zero-order valence-corrected chi connectivity index (χ0v) is 15.7. The molecule has 0 bridgehead atoms. The molecule has 1 saturated heterocycles. The summed E-state index contributed by atoms with van der Waals surface area (Å²) in [6.07, 6.45) is 1.20. The van der Waals surface area contributed by atoms with Crippen molar-refractivity contribution in [2.75, 3.05) is 21.3 Å². The second-order valence-electron chi connectivity index (χ2n) is 5.27. The van der Waals surface area contributed by atoms with E-state index in [2.05, 4.69) is 4.74 Å². The van der Waals surface area contributed by atoms with Gasteiger partial charge in [-0.25, -0.2) is 4.79 Å². The van der Waals surface area contributed by atoms with Crippen molar-refractivity contribution < 1.29 is 33.5 Å². The molecule has 1 heterocycles. The highest BCUT2D eigenvalue weighted by Crippen LogP contribution is 2.39. The van der Waals surface area contributed by atoms with Gasteiger partial charge in [0.1, 0.15) is 6.04 Å². The Morgan fingerprint density at radius 1 is 1.22 bits per heavy atom. The minimum absolute atomic E-state index is 0.0499. The maximum atomic E-state index is 12.5. The van der Waals surface area contributed by atoms with E-state index in [0.717, 1.165) is 18.1 Å². The Hall–Kier alpha value is -3.08. The number of esters is 1. The molecule has 1 aliphatic rings. The fraction of sp³-hybridized carbons (Fsp3) is 0.312. The molecule has 1 aromatic carbocycles. The molecular formula is C16H16N2O8S. The zero-order chi connectivity index (χ0) is 20.3. The largest absolute Gasteiger partial charge is 0.493 e. The Labute approximate surface area is 158 Å². The van der Waals surface area contributed by atoms with Gasteiger partial charge < -0.3 is 14.2 Å². The number of carbonyl (C=O) groups is 3. The molecule has 2 amide bonds. The number of nitro groups is 1. The first kappa shape index (κ1) is 20.2. The second-order valence-corrected chi connectivity index (χ2v) is 6.27. The summed E-state index contributed by atoms with van der Waals surface area (Å²) in [5.41, 5.74) is -0.283. The van der Waals surface area contributed by atoms with E-state index in [1.165, 1.54) is 33.3 Å². The third kappa shape index (κ3) is 3.87. The van der Waals surface area contributed by atoms with Gasteiger partial charge in [0.15, 0.2) is 11.5 Å². The Balaban J connectivity index is 2.50. The van der Waals surface area contributed by atoms with E-state index >= 15 is 0 Å². The lowest BCUT2D eigenvalue weighted by Crippen LogP contribution is -2.42. The molecule has 27 heavy (non-hydrogen) atoms. The van der Waals surface area contributed by atoms with E-state index in [1.807, 2.05) is 0 Å². The van der Waals surface area contributed by atoms with Crippen LogP contribution in [0.2, 0.25) is 0 Å². The predicted octanol–water partition coefficient (Wildman–Crippen LogP) is 2.21. The highest BCUT2D eigenvalue weighted by atomic mass is 32.2. The number of nitrogens with zero attached hydrogens (tertiary/aromatic N) is 2. The van der Waals surface area contributed by atoms with Crippen LogP contribution in [0.5, 0.6) is 11.5 Å². The number of rotatable bonds is 6. The summed E-state index contributed by atoms with van der Waals surface area (Å²) in [5.74, 6) is -1.13. The van der Waals surface area contributed by atoms with Crippen molar-refractivity contribution in [3.63, 3.8) is 0 Å². The van der Waals surface area contributed by atoms with Crippen molar-refractivity contribution in [1.82, 2.24) is 4.90 Å². The van der Waals surface area contributed by atoms with Crippen molar-refractivity contribution in [3.8, 4) is 11.5 Å². The van der Waals surface area contributed by atoms with E-state index in [9.17, 15) is 24.5 Å². The number of imide groups is 1. The Bertz CT molecular complexity index is 851. The molecule has 0 radical (unpaired) electrons. The third-order valence-corrected chi connectivity index (χ3v) is 4.65. The van der Waals surface area contributed by atoms with Crippen molar-refractivity contribution in [2.45, 2.75) is 13.0 Å². The summed E-state index contributed by atoms with van der Waals surface area (Å²) in [6.45, 7) is 1.35. The van der Waals surface area contributed by atoms with Crippen molar-refractivity contribution in [1.29, 1.82) is 0 Å². The molecular weight excluding hydrogens is 380 g/mol. The number of methoxy groups -OCH3 is 3. The van der Waals surface area contributed by atoms with Gasteiger partial charge >= 0.3 is 5.97 Å². The second kappa shape index (κ2) is 8.08. The molecule has 0 aromatic heterocycles. The lowest BCUT2D eigenvalue weighted by Gasteiger charge is -2.18. The first-order valence-electron chi connectivity index (χ1n) is 7.50. The minimum Gasteiger partial charge on any atom is -0.493 e. The average Bonchev–Trinajstić information content (AvgIpc) is 2.92. The molecule has 144 valence electrons. The van der Waals surface area contributed by atoms with Crippen LogP contribution in [0.3, 0.4) is 0 Å². The third-order valence-electron chi connectivity index (χ3n) is 3.77. The Morgan fingerprint density at radius 3 is 2.33 bits per heavy atom. The topological polar surface area (TPSA) is 125 Å². The summed E-state index contributed by atoms with van der Waals surface area (Å²) in [4.78, 5) is 47.7.